The minimum atomic E-state index is -1.23. The van der Waals surface area contributed by atoms with Gasteiger partial charge < -0.3 is 10.1 Å². The maximum Gasteiger partial charge on any atom is 0.323 e. The van der Waals surface area contributed by atoms with Crippen molar-refractivity contribution in [3.8, 4) is 0 Å². The SMILES string of the molecule is Cc1ccc([C@H]2c3sc(=O)[nH]c3S[C@@H]3C(=O)N(CC(=O)O)C(=O)[C@H]23)cc1. The van der Waals surface area contributed by atoms with Crippen molar-refractivity contribution in [2.75, 3.05) is 6.54 Å². The Morgan fingerprint density at radius 1 is 1.19 bits per heavy atom. The van der Waals surface area contributed by atoms with Gasteiger partial charge in [-0.1, -0.05) is 52.9 Å². The van der Waals surface area contributed by atoms with Crippen LogP contribution in [-0.4, -0.2) is 44.6 Å². The van der Waals surface area contributed by atoms with Crippen molar-refractivity contribution >= 4 is 40.9 Å². The molecule has 0 unspecified atom stereocenters. The molecule has 26 heavy (non-hydrogen) atoms. The average molecular weight is 390 g/mol. The number of aromatic nitrogens is 1. The summed E-state index contributed by atoms with van der Waals surface area (Å²) >= 11 is 2.18. The van der Waals surface area contributed by atoms with Crippen LogP contribution in [-0.2, 0) is 14.4 Å². The van der Waals surface area contributed by atoms with Gasteiger partial charge in [0.1, 0.15) is 11.8 Å². The van der Waals surface area contributed by atoms with Gasteiger partial charge in [-0.15, -0.1) is 0 Å². The number of carboxylic acid groups (broad SMARTS) is 1. The fourth-order valence-corrected chi connectivity index (χ4v) is 6.04. The summed E-state index contributed by atoms with van der Waals surface area (Å²) in [4.78, 5) is 52.5. The Balaban J connectivity index is 1.85. The number of aryl methyl sites for hydroxylation is 1. The molecule has 0 radical (unpaired) electrons. The summed E-state index contributed by atoms with van der Waals surface area (Å²) in [5.74, 6) is -3.40. The zero-order valence-corrected chi connectivity index (χ0v) is 15.2. The lowest BCUT2D eigenvalue weighted by molar-refractivity contribution is -0.149. The number of carbonyl (C=O) groups is 3. The Hall–Kier alpha value is -2.39. The number of thiazole rings is 1. The second-order valence-corrected chi connectivity index (χ2v) is 8.48. The molecule has 9 heteroatoms. The van der Waals surface area contributed by atoms with Crippen LogP contribution in [0.25, 0.3) is 0 Å². The molecule has 3 atom stereocenters. The Labute approximate surface area is 156 Å². The number of carboxylic acids is 1. The van der Waals surface area contributed by atoms with E-state index < -0.39 is 41.4 Å². The summed E-state index contributed by atoms with van der Waals surface area (Å²) in [6.45, 7) is 1.30. The van der Waals surface area contributed by atoms with Crippen LogP contribution in [0, 0.1) is 12.8 Å². The normalized spacial score (nSPS) is 24.5. The zero-order chi connectivity index (χ0) is 18.6. The summed E-state index contributed by atoms with van der Waals surface area (Å²) in [5, 5.41) is 8.89. The number of nitrogens with zero attached hydrogens (tertiary/aromatic N) is 1. The molecule has 2 aliphatic rings. The number of amides is 2. The molecule has 1 saturated heterocycles. The van der Waals surface area contributed by atoms with Crippen LogP contribution in [0.2, 0.25) is 0 Å². The van der Waals surface area contributed by atoms with Crippen LogP contribution in [0.15, 0.2) is 34.1 Å². The van der Waals surface area contributed by atoms with E-state index in [1.165, 1.54) is 0 Å². The van der Waals surface area contributed by atoms with Crippen LogP contribution >= 0.6 is 23.1 Å². The molecular weight excluding hydrogens is 376 g/mol. The number of H-pyrrole nitrogens is 1. The van der Waals surface area contributed by atoms with Gasteiger partial charge in [0.25, 0.3) is 0 Å². The van der Waals surface area contributed by atoms with Crippen LogP contribution in [0.3, 0.4) is 0 Å². The molecule has 0 aliphatic carbocycles. The van der Waals surface area contributed by atoms with E-state index in [-0.39, 0.29) is 4.87 Å². The third kappa shape index (κ3) is 2.58. The summed E-state index contributed by atoms with van der Waals surface area (Å²) in [7, 11) is 0. The Bertz CT molecular complexity index is 978. The van der Waals surface area contributed by atoms with Gasteiger partial charge in [-0.2, -0.15) is 0 Å². The monoisotopic (exact) mass is 390 g/mol. The van der Waals surface area contributed by atoms with Crippen molar-refractivity contribution in [2.45, 2.75) is 23.1 Å². The van der Waals surface area contributed by atoms with Crippen molar-refractivity contribution in [1.82, 2.24) is 9.88 Å². The van der Waals surface area contributed by atoms with Crippen LogP contribution < -0.4 is 4.87 Å². The Kier molecular flexibility index (Phi) is 4.00. The number of aromatic amines is 1. The molecule has 2 aromatic rings. The third-order valence-electron chi connectivity index (χ3n) is 4.65. The summed E-state index contributed by atoms with van der Waals surface area (Å²) in [5.41, 5.74) is 1.89. The van der Waals surface area contributed by atoms with Crippen molar-refractivity contribution in [2.24, 2.45) is 5.92 Å². The lowest BCUT2D eigenvalue weighted by atomic mass is 9.83. The van der Waals surface area contributed by atoms with E-state index in [1.54, 1.807) is 0 Å². The number of rotatable bonds is 3. The smallest absolute Gasteiger partial charge is 0.323 e. The highest BCUT2D eigenvalue weighted by molar-refractivity contribution is 8.00. The molecule has 0 saturated carbocycles. The minimum Gasteiger partial charge on any atom is -0.480 e. The number of imide groups is 1. The zero-order valence-electron chi connectivity index (χ0n) is 13.6. The minimum absolute atomic E-state index is 0.234. The van der Waals surface area contributed by atoms with Crippen molar-refractivity contribution in [3.63, 3.8) is 0 Å². The second-order valence-electron chi connectivity index (χ2n) is 6.32. The molecule has 2 amide bonds. The van der Waals surface area contributed by atoms with E-state index in [0.29, 0.717) is 5.03 Å². The van der Waals surface area contributed by atoms with E-state index in [4.69, 9.17) is 5.11 Å². The predicted octanol–water partition coefficient (Wildman–Crippen LogP) is 1.42. The van der Waals surface area contributed by atoms with Gasteiger partial charge in [0.15, 0.2) is 0 Å². The molecule has 2 N–H and O–H groups in total. The molecular formula is C17H14N2O5S2. The van der Waals surface area contributed by atoms with Gasteiger partial charge >= 0.3 is 10.8 Å². The largest absolute Gasteiger partial charge is 0.480 e. The first-order valence-electron chi connectivity index (χ1n) is 7.90. The molecule has 1 aromatic carbocycles. The highest BCUT2D eigenvalue weighted by Gasteiger charge is 2.56. The quantitative estimate of drug-likeness (QED) is 0.768. The number of aliphatic carboxylic acids is 1. The van der Waals surface area contributed by atoms with Gasteiger partial charge in [0.05, 0.1) is 10.9 Å². The van der Waals surface area contributed by atoms with Crippen LogP contribution in [0.1, 0.15) is 21.9 Å². The second kappa shape index (κ2) is 6.10. The lowest BCUT2D eigenvalue weighted by Gasteiger charge is -2.29. The Morgan fingerprint density at radius 2 is 1.88 bits per heavy atom. The van der Waals surface area contributed by atoms with Crippen molar-refractivity contribution in [3.05, 3.63) is 49.9 Å². The Morgan fingerprint density at radius 3 is 2.54 bits per heavy atom. The highest BCUT2D eigenvalue weighted by atomic mass is 32.2. The number of carbonyl (C=O) groups excluding carboxylic acids is 2. The molecule has 134 valence electrons. The number of fused-ring (bicyclic) bond motifs is 2. The number of nitrogens with one attached hydrogen (secondary N) is 1. The number of hydrogen-bond donors (Lipinski definition) is 2. The third-order valence-corrected chi connectivity index (χ3v) is 7.05. The maximum absolute atomic E-state index is 12.9. The van der Waals surface area contributed by atoms with E-state index in [1.807, 2.05) is 31.2 Å². The predicted molar refractivity (Wildman–Crippen MR) is 95.5 cm³/mol. The topological polar surface area (TPSA) is 108 Å². The molecule has 1 aromatic heterocycles. The molecule has 3 heterocycles. The highest BCUT2D eigenvalue weighted by Crippen LogP contribution is 2.52. The standard InChI is InChI=1S/C17H14N2O5S2/c1-7-2-4-8(5-3-7)10-11-13(25-14-12(10)26-17(24)18-14)16(23)19(15(11)22)6-9(20)21/h2-5,10-11,13H,6H2,1H3,(H,18,24)(H,20,21)/t10-,11-,13+/m1/s1. The maximum atomic E-state index is 12.9. The van der Waals surface area contributed by atoms with E-state index in [0.717, 1.165) is 44.0 Å². The van der Waals surface area contributed by atoms with Gasteiger partial charge in [-0.05, 0) is 12.5 Å². The fraction of sp³-hybridized carbons (Fsp3) is 0.294. The molecule has 4 rings (SSSR count). The van der Waals surface area contributed by atoms with Crippen LogP contribution in [0.5, 0.6) is 0 Å². The first kappa shape index (κ1) is 17.0. The summed E-state index contributed by atoms with van der Waals surface area (Å²) in [6.07, 6.45) is 0. The molecule has 0 spiro atoms. The number of hydrogen-bond acceptors (Lipinski definition) is 6. The van der Waals surface area contributed by atoms with Gasteiger partial charge in [0, 0.05) is 10.8 Å². The summed E-state index contributed by atoms with van der Waals surface area (Å²) in [6, 6.07) is 7.60. The first-order chi connectivity index (χ1) is 12.4. The number of benzene rings is 1. The number of likely N-dealkylation sites (tertiary alicyclic amines) is 1. The van der Waals surface area contributed by atoms with E-state index in [9.17, 15) is 19.2 Å². The van der Waals surface area contributed by atoms with Crippen molar-refractivity contribution < 1.29 is 19.5 Å². The number of thioether (sulfide) groups is 1. The van der Waals surface area contributed by atoms with Crippen molar-refractivity contribution in [1.29, 1.82) is 0 Å². The fourth-order valence-electron chi connectivity index (χ4n) is 3.50. The van der Waals surface area contributed by atoms with Gasteiger partial charge in [-0.3, -0.25) is 24.1 Å². The molecule has 0 bridgehead atoms. The molecule has 2 aliphatic heterocycles. The lowest BCUT2D eigenvalue weighted by Crippen LogP contribution is -2.36. The molecule has 7 nitrogen and oxygen atoms in total. The van der Waals surface area contributed by atoms with Gasteiger partial charge in [0.2, 0.25) is 11.8 Å². The van der Waals surface area contributed by atoms with Crippen LogP contribution in [0.4, 0.5) is 0 Å². The van der Waals surface area contributed by atoms with E-state index in [2.05, 4.69) is 4.98 Å². The average Bonchev–Trinajstić information content (AvgIpc) is 3.06. The summed E-state index contributed by atoms with van der Waals surface area (Å²) < 4.78 is 0. The van der Waals surface area contributed by atoms with Gasteiger partial charge in [-0.25, -0.2) is 0 Å². The molecule has 1 fully saturated rings. The van der Waals surface area contributed by atoms with E-state index >= 15 is 0 Å². The first-order valence-corrected chi connectivity index (χ1v) is 9.59.